The number of aliphatic hydroxyl groups excluding tert-OH is 1. The number of epoxide rings is 1. The van der Waals surface area contributed by atoms with Crippen LogP contribution in [0.25, 0.3) is 0 Å². The molecule has 1 N–H and O–H groups in total. The summed E-state index contributed by atoms with van der Waals surface area (Å²) < 4.78 is 19.4. The largest absolute Gasteiger partial charge is 0.393 e. The Kier molecular flexibility index (Phi) is 3.23. The van der Waals surface area contributed by atoms with Gasteiger partial charge >= 0.3 is 0 Å². The SMILES string of the molecule is CC1(C)COC2(CC[C@]34O[C@@]3(CC[C@@H]3C4=CC[C@]4(C)[C@@H](O)CC[C@@H]34)C2)OC1. The van der Waals surface area contributed by atoms with E-state index in [1.165, 1.54) is 12.8 Å². The number of rotatable bonds is 0. The molecule has 4 nitrogen and oxygen atoms in total. The van der Waals surface area contributed by atoms with Gasteiger partial charge in [-0.25, -0.2) is 0 Å². The summed E-state index contributed by atoms with van der Waals surface area (Å²) in [6.07, 6.45) is 10.7. The van der Waals surface area contributed by atoms with Crippen molar-refractivity contribution in [2.75, 3.05) is 13.2 Å². The second-order valence-electron chi connectivity index (χ2n) is 11.5. The van der Waals surface area contributed by atoms with E-state index in [2.05, 4.69) is 26.8 Å². The van der Waals surface area contributed by atoms with Crippen molar-refractivity contribution in [2.45, 2.75) is 95.2 Å². The van der Waals surface area contributed by atoms with Crippen molar-refractivity contribution in [3.63, 3.8) is 0 Å². The Morgan fingerprint density at radius 1 is 1.00 bits per heavy atom. The number of hydrogen-bond donors (Lipinski definition) is 1. The van der Waals surface area contributed by atoms with E-state index in [-0.39, 0.29) is 28.1 Å². The molecular weight excluding hydrogens is 340 g/mol. The van der Waals surface area contributed by atoms with Crippen LogP contribution in [-0.2, 0) is 14.2 Å². The molecule has 2 heterocycles. The molecule has 1 spiro atoms. The highest BCUT2D eigenvalue weighted by atomic mass is 16.7. The highest BCUT2D eigenvalue weighted by Crippen LogP contribution is 2.73. The van der Waals surface area contributed by atoms with Crippen LogP contribution in [0.1, 0.15) is 72.1 Å². The standard InChI is InChI=1S/C23H34O4/c1-19(2)13-25-22(26-14-19)10-11-23-17-7-8-20(3)16(4-5-18(20)24)15(17)6-9-21(23,12-22)27-23/h7,15-16,18,24H,4-6,8-14H2,1-3H3/t15-,16-,18-,20-,21-,23+/m0/s1. The van der Waals surface area contributed by atoms with Crippen LogP contribution in [0, 0.1) is 22.7 Å². The topological polar surface area (TPSA) is 51.2 Å². The molecule has 0 aromatic heterocycles. The molecule has 27 heavy (non-hydrogen) atoms. The van der Waals surface area contributed by atoms with Crippen LogP contribution in [0.3, 0.4) is 0 Å². The average molecular weight is 375 g/mol. The quantitative estimate of drug-likeness (QED) is 0.515. The smallest absolute Gasteiger partial charge is 0.171 e. The van der Waals surface area contributed by atoms with Crippen molar-refractivity contribution in [3.05, 3.63) is 11.6 Å². The van der Waals surface area contributed by atoms with Crippen LogP contribution < -0.4 is 0 Å². The van der Waals surface area contributed by atoms with Gasteiger partial charge in [-0.05, 0) is 55.9 Å². The highest BCUT2D eigenvalue weighted by Gasteiger charge is 2.79. The molecule has 0 amide bonds. The molecule has 150 valence electrons. The summed E-state index contributed by atoms with van der Waals surface area (Å²) in [6, 6.07) is 0. The van der Waals surface area contributed by atoms with E-state index in [1.54, 1.807) is 5.57 Å². The first-order valence-corrected chi connectivity index (χ1v) is 11.1. The fraction of sp³-hybridized carbons (Fsp3) is 0.913. The third-order valence-corrected chi connectivity index (χ3v) is 9.26. The second kappa shape index (κ2) is 5.00. The summed E-state index contributed by atoms with van der Waals surface area (Å²) in [7, 11) is 0. The molecule has 4 aliphatic carbocycles. The van der Waals surface area contributed by atoms with Crippen molar-refractivity contribution in [1.82, 2.24) is 0 Å². The monoisotopic (exact) mass is 374 g/mol. The molecule has 0 aromatic carbocycles. The van der Waals surface area contributed by atoms with Crippen LogP contribution in [0.2, 0.25) is 0 Å². The molecule has 6 atom stereocenters. The summed E-state index contributed by atoms with van der Waals surface area (Å²) in [5.74, 6) is 0.816. The molecule has 2 aliphatic heterocycles. The van der Waals surface area contributed by atoms with E-state index < -0.39 is 5.79 Å². The van der Waals surface area contributed by atoms with Crippen molar-refractivity contribution in [1.29, 1.82) is 0 Å². The summed E-state index contributed by atoms with van der Waals surface area (Å²) in [5.41, 5.74) is 1.67. The van der Waals surface area contributed by atoms with Gasteiger partial charge in [0.2, 0.25) is 0 Å². The molecule has 6 rings (SSSR count). The lowest BCUT2D eigenvalue weighted by atomic mass is 9.54. The minimum absolute atomic E-state index is 0.0459. The second-order valence-corrected chi connectivity index (χ2v) is 11.5. The average Bonchev–Trinajstić information content (AvgIpc) is 3.23. The fourth-order valence-electron chi connectivity index (χ4n) is 7.55. The molecule has 5 fully saturated rings. The third kappa shape index (κ3) is 2.09. The van der Waals surface area contributed by atoms with Crippen LogP contribution in [0.4, 0.5) is 0 Å². The summed E-state index contributed by atoms with van der Waals surface area (Å²) in [6.45, 7) is 8.30. The van der Waals surface area contributed by atoms with Crippen molar-refractivity contribution in [3.8, 4) is 0 Å². The molecular formula is C23H34O4. The number of hydrogen-bond acceptors (Lipinski definition) is 4. The predicted octanol–water partition coefficient (Wildman–Crippen LogP) is 3.96. The molecule has 4 heteroatoms. The van der Waals surface area contributed by atoms with Gasteiger partial charge in [-0.2, -0.15) is 0 Å². The van der Waals surface area contributed by atoms with Crippen LogP contribution >= 0.6 is 0 Å². The maximum atomic E-state index is 10.6. The Balaban J connectivity index is 1.29. The summed E-state index contributed by atoms with van der Waals surface area (Å²) >= 11 is 0. The number of allylic oxidation sites excluding steroid dienone is 1. The van der Waals surface area contributed by atoms with Crippen molar-refractivity contribution in [2.24, 2.45) is 22.7 Å². The van der Waals surface area contributed by atoms with E-state index >= 15 is 0 Å². The van der Waals surface area contributed by atoms with E-state index in [0.29, 0.717) is 11.8 Å². The zero-order valence-corrected chi connectivity index (χ0v) is 17.1. The van der Waals surface area contributed by atoms with Gasteiger partial charge in [0.25, 0.3) is 0 Å². The number of ether oxygens (including phenoxy) is 3. The number of aliphatic hydroxyl groups is 1. The van der Waals surface area contributed by atoms with Crippen molar-refractivity contribution < 1.29 is 19.3 Å². The van der Waals surface area contributed by atoms with Crippen LogP contribution in [0.5, 0.6) is 0 Å². The first kappa shape index (κ1) is 17.4. The van der Waals surface area contributed by atoms with E-state index in [1.807, 2.05) is 0 Å². The maximum absolute atomic E-state index is 10.6. The lowest BCUT2D eigenvalue weighted by molar-refractivity contribution is -0.313. The van der Waals surface area contributed by atoms with Gasteiger partial charge in [-0.15, -0.1) is 0 Å². The number of fused-ring (bicyclic) bond motifs is 3. The maximum Gasteiger partial charge on any atom is 0.171 e. The molecule has 0 aromatic rings. The van der Waals surface area contributed by atoms with Gasteiger partial charge in [0.15, 0.2) is 5.79 Å². The lowest BCUT2D eigenvalue weighted by Crippen LogP contribution is -2.56. The Bertz CT molecular complexity index is 703. The van der Waals surface area contributed by atoms with E-state index in [4.69, 9.17) is 14.2 Å². The third-order valence-electron chi connectivity index (χ3n) is 9.26. The Morgan fingerprint density at radius 3 is 2.56 bits per heavy atom. The normalized spacial score (nSPS) is 54.4. The van der Waals surface area contributed by atoms with Crippen molar-refractivity contribution >= 4 is 0 Å². The van der Waals surface area contributed by atoms with Gasteiger partial charge in [-0.1, -0.05) is 26.8 Å². The lowest BCUT2D eigenvalue weighted by Gasteiger charge is -2.52. The highest BCUT2D eigenvalue weighted by molar-refractivity contribution is 5.43. The summed E-state index contributed by atoms with van der Waals surface area (Å²) in [5, 5.41) is 10.6. The molecule has 3 saturated carbocycles. The minimum Gasteiger partial charge on any atom is -0.393 e. The molecule has 0 bridgehead atoms. The van der Waals surface area contributed by atoms with Gasteiger partial charge in [-0.3, -0.25) is 0 Å². The minimum atomic E-state index is -0.421. The van der Waals surface area contributed by atoms with E-state index in [9.17, 15) is 5.11 Å². The van der Waals surface area contributed by atoms with Crippen LogP contribution in [0.15, 0.2) is 11.6 Å². The zero-order chi connectivity index (χ0) is 18.7. The Morgan fingerprint density at radius 2 is 1.78 bits per heavy atom. The van der Waals surface area contributed by atoms with E-state index in [0.717, 1.165) is 51.7 Å². The molecule has 6 aliphatic rings. The molecule has 2 saturated heterocycles. The predicted molar refractivity (Wildman–Crippen MR) is 101 cm³/mol. The molecule has 0 unspecified atom stereocenters. The molecule has 0 radical (unpaired) electrons. The Hall–Kier alpha value is -0.420. The van der Waals surface area contributed by atoms with Gasteiger partial charge in [0.1, 0.15) is 11.2 Å². The first-order chi connectivity index (χ1) is 12.7. The van der Waals surface area contributed by atoms with Crippen LogP contribution in [-0.4, -0.2) is 41.4 Å². The van der Waals surface area contributed by atoms with Gasteiger partial charge < -0.3 is 19.3 Å². The summed E-state index contributed by atoms with van der Waals surface area (Å²) in [4.78, 5) is 0. The Labute approximate surface area is 162 Å². The zero-order valence-electron chi connectivity index (χ0n) is 17.1. The van der Waals surface area contributed by atoms with Gasteiger partial charge in [0, 0.05) is 23.7 Å². The van der Waals surface area contributed by atoms with Gasteiger partial charge in [0.05, 0.1) is 19.3 Å². The fourth-order valence-corrected chi connectivity index (χ4v) is 7.55. The first-order valence-electron chi connectivity index (χ1n) is 11.1.